The van der Waals surface area contributed by atoms with Crippen LogP contribution in [-0.4, -0.2) is 15.0 Å². The van der Waals surface area contributed by atoms with Crippen molar-refractivity contribution in [2.24, 2.45) is 0 Å². The van der Waals surface area contributed by atoms with Crippen LogP contribution in [0, 0.1) is 5.82 Å². The Labute approximate surface area is 130 Å². The Morgan fingerprint density at radius 3 is 2.50 bits per heavy atom. The van der Waals surface area contributed by atoms with Gasteiger partial charge in [-0.2, -0.15) is 0 Å². The Morgan fingerprint density at radius 1 is 1.18 bits per heavy atom. The van der Waals surface area contributed by atoms with E-state index < -0.39 is 21.9 Å². The first-order valence-corrected chi connectivity index (χ1v) is 8.42. The number of rotatable bonds is 6. The molecule has 0 radical (unpaired) electrons. The molecule has 4 nitrogen and oxygen atoms in total. The van der Waals surface area contributed by atoms with Crippen molar-refractivity contribution in [3.63, 3.8) is 0 Å². The van der Waals surface area contributed by atoms with Crippen LogP contribution in [0.4, 0.5) is 4.39 Å². The molecule has 2 aromatic rings. The van der Waals surface area contributed by atoms with Crippen LogP contribution >= 0.6 is 0 Å². The Morgan fingerprint density at radius 2 is 1.86 bits per heavy atom. The van der Waals surface area contributed by atoms with Crippen LogP contribution in [0.15, 0.2) is 53.4 Å². The van der Waals surface area contributed by atoms with Crippen molar-refractivity contribution >= 4 is 10.0 Å². The molecule has 0 amide bonds. The lowest BCUT2D eigenvalue weighted by Crippen LogP contribution is -2.27. The predicted molar refractivity (Wildman–Crippen MR) is 82.7 cm³/mol. The molecule has 0 heterocycles. The summed E-state index contributed by atoms with van der Waals surface area (Å²) in [6.07, 6.45) is 0. The quantitative estimate of drug-likeness (QED) is 0.888. The zero-order chi connectivity index (χ0) is 16.2. The second-order valence-corrected chi connectivity index (χ2v) is 6.49. The van der Waals surface area contributed by atoms with Crippen molar-refractivity contribution < 1.29 is 17.5 Å². The summed E-state index contributed by atoms with van der Waals surface area (Å²) in [5.41, 5.74) is 0.846. The molecule has 0 aliphatic heterocycles. The third-order valence-corrected chi connectivity index (χ3v) is 4.68. The summed E-state index contributed by atoms with van der Waals surface area (Å²) in [5.74, 6) is -0.658. The van der Waals surface area contributed by atoms with Gasteiger partial charge in [0.2, 0.25) is 10.0 Å². The van der Waals surface area contributed by atoms with Crippen LogP contribution in [0.2, 0.25) is 0 Å². The molecule has 0 bridgehead atoms. The summed E-state index contributed by atoms with van der Waals surface area (Å²) in [6, 6.07) is 12.3. The van der Waals surface area contributed by atoms with Crippen molar-refractivity contribution in [1.82, 2.24) is 4.72 Å². The zero-order valence-corrected chi connectivity index (χ0v) is 13.2. The van der Waals surface area contributed by atoms with Gasteiger partial charge in [-0.25, -0.2) is 17.5 Å². The Balaban J connectivity index is 2.25. The number of hydrogen-bond acceptors (Lipinski definition) is 3. The summed E-state index contributed by atoms with van der Waals surface area (Å²) in [5, 5.41) is 0. The van der Waals surface area contributed by atoms with Crippen molar-refractivity contribution in [2.45, 2.75) is 24.8 Å². The molecule has 0 aliphatic carbocycles. The molecule has 6 heteroatoms. The summed E-state index contributed by atoms with van der Waals surface area (Å²) < 4.78 is 46.0. The highest BCUT2D eigenvalue weighted by Crippen LogP contribution is 2.23. The molecule has 0 spiro atoms. The number of benzene rings is 2. The van der Waals surface area contributed by atoms with Gasteiger partial charge in [-0.1, -0.05) is 30.3 Å². The van der Waals surface area contributed by atoms with Gasteiger partial charge in [0, 0.05) is 12.1 Å². The fourth-order valence-corrected chi connectivity index (χ4v) is 3.27. The highest BCUT2D eigenvalue weighted by molar-refractivity contribution is 7.89. The maximum absolute atomic E-state index is 13.5. The van der Waals surface area contributed by atoms with Crippen LogP contribution in [-0.2, 0) is 10.0 Å². The highest BCUT2D eigenvalue weighted by atomic mass is 32.2. The SMILES string of the molecule is CCOc1cc(S(=O)(=O)N[C@H](C)c2ccccc2)ccc1F. The first-order valence-electron chi connectivity index (χ1n) is 6.93. The van der Waals surface area contributed by atoms with E-state index in [0.717, 1.165) is 11.6 Å². The summed E-state index contributed by atoms with van der Waals surface area (Å²) in [6.45, 7) is 3.71. The first-order chi connectivity index (χ1) is 10.4. The number of halogens is 1. The molecule has 1 atom stereocenters. The maximum Gasteiger partial charge on any atom is 0.241 e. The van der Waals surface area contributed by atoms with Crippen molar-refractivity contribution in [3.8, 4) is 5.75 Å². The molecule has 0 aromatic heterocycles. The molecule has 0 fully saturated rings. The molecule has 2 aromatic carbocycles. The fraction of sp³-hybridized carbons (Fsp3) is 0.250. The van der Waals surface area contributed by atoms with E-state index in [9.17, 15) is 12.8 Å². The minimum Gasteiger partial charge on any atom is -0.491 e. The molecule has 0 saturated carbocycles. The lowest BCUT2D eigenvalue weighted by molar-refractivity contribution is 0.320. The average Bonchev–Trinajstić information content (AvgIpc) is 2.50. The largest absolute Gasteiger partial charge is 0.491 e. The van der Waals surface area contributed by atoms with E-state index in [1.54, 1.807) is 13.8 Å². The van der Waals surface area contributed by atoms with Crippen LogP contribution in [0.1, 0.15) is 25.5 Å². The van der Waals surface area contributed by atoms with Crippen molar-refractivity contribution in [2.75, 3.05) is 6.61 Å². The third-order valence-electron chi connectivity index (χ3n) is 3.14. The average molecular weight is 323 g/mol. The number of sulfonamides is 1. The van der Waals surface area contributed by atoms with E-state index in [1.807, 2.05) is 30.3 Å². The lowest BCUT2D eigenvalue weighted by Gasteiger charge is -2.15. The van der Waals surface area contributed by atoms with Crippen molar-refractivity contribution in [3.05, 3.63) is 59.9 Å². The number of nitrogens with one attached hydrogen (secondary N) is 1. The maximum atomic E-state index is 13.5. The lowest BCUT2D eigenvalue weighted by atomic mass is 10.1. The van der Waals surface area contributed by atoms with Crippen LogP contribution in [0.3, 0.4) is 0 Å². The van der Waals surface area contributed by atoms with E-state index in [-0.39, 0.29) is 17.3 Å². The number of hydrogen-bond donors (Lipinski definition) is 1. The second kappa shape index (κ2) is 6.89. The third kappa shape index (κ3) is 3.84. The molecule has 0 saturated heterocycles. The smallest absolute Gasteiger partial charge is 0.241 e. The molecule has 22 heavy (non-hydrogen) atoms. The Bertz CT molecular complexity index is 732. The van der Waals surface area contributed by atoms with Crippen LogP contribution < -0.4 is 9.46 Å². The van der Waals surface area contributed by atoms with E-state index in [1.165, 1.54) is 12.1 Å². The van der Waals surface area contributed by atoms with Crippen LogP contribution in [0.25, 0.3) is 0 Å². The molecular formula is C16H18FNO3S. The zero-order valence-electron chi connectivity index (χ0n) is 12.4. The number of ether oxygens (including phenoxy) is 1. The predicted octanol–water partition coefficient (Wildman–Crippen LogP) is 3.26. The summed E-state index contributed by atoms with van der Waals surface area (Å²) in [4.78, 5) is -0.0277. The van der Waals surface area contributed by atoms with Gasteiger partial charge in [0.15, 0.2) is 11.6 Å². The Kier molecular flexibility index (Phi) is 5.15. The van der Waals surface area contributed by atoms with Crippen molar-refractivity contribution in [1.29, 1.82) is 0 Å². The van der Waals surface area contributed by atoms with E-state index in [4.69, 9.17) is 4.74 Å². The van der Waals surface area contributed by atoms with E-state index in [0.29, 0.717) is 0 Å². The summed E-state index contributed by atoms with van der Waals surface area (Å²) in [7, 11) is -3.76. The molecule has 1 N–H and O–H groups in total. The standard InChI is InChI=1S/C16H18FNO3S/c1-3-21-16-11-14(9-10-15(16)17)22(19,20)18-12(2)13-7-5-4-6-8-13/h4-12,18H,3H2,1-2H3/t12-/m1/s1. The van der Waals surface area contributed by atoms with Gasteiger partial charge in [0.25, 0.3) is 0 Å². The fourth-order valence-electron chi connectivity index (χ4n) is 2.03. The topological polar surface area (TPSA) is 55.4 Å². The summed E-state index contributed by atoms with van der Waals surface area (Å²) >= 11 is 0. The van der Waals surface area contributed by atoms with Gasteiger partial charge in [-0.15, -0.1) is 0 Å². The highest BCUT2D eigenvalue weighted by Gasteiger charge is 2.20. The normalized spacial score (nSPS) is 12.9. The molecular weight excluding hydrogens is 305 g/mol. The Hall–Kier alpha value is -1.92. The molecule has 0 aliphatic rings. The second-order valence-electron chi connectivity index (χ2n) is 4.78. The van der Waals surface area contributed by atoms with Gasteiger partial charge >= 0.3 is 0 Å². The van der Waals surface area contributed by atoms with E-state index >= 15 is 0 Å². The molecule has 0 unspecified atom stereocenters. The monoisotopic (exact) mass is 323 g/mol. The van der Waals surface area contributed by atoms with E-state index in [2.05, 4.69) is 4.72 Å². The van der Waals surface area contributed by atoms with Gasteiger partial charge in [-0.3, -0.25) is 0 Å². The van der Waals surface area contributed by atoms with Gasteiger partial charge in [0.1, 0.15) is 0 Å². The molecule has 118 valence electrons. The van der Waals surface area contributed by atoms with Gasteiger partial charge < -0.3 is 4.74 Å². The van der Waals surface area contributed by atoms with Crippen LogP contribution in [0.5, 0.6) is 5.75 Å². The van der Waals surface area contributed by atoms with Gasteiger partial charge in [-0.05, 0) is 31.5 Å². The minimum atomic E-state index is -3.76. The van der Waals surface area contributed by atoms with Gasteiger partial charge in [0.05, 0.1) is 11.5 Å². The minimum absolute atomic E-state index is 0.0277. The molecule has 2 rings (SSSR count). The first kappa shape index (κ1) is 16.5.